The molecule has 0 saturated carbocycles. The van der Waals surface area contributed by atoms with Gasteiger partial charge in [-0.2, -0.15) is 0 Å². The Balaban J connectivity index is 2.48. The number of esters is 2. The minimum absolute atomic E-state index is 0.337. The van der Waals surface area contributed by atoms with Crippen LogP contribution < -0.4 is 0 Å². The Morgan fingerprint density at radius 1 is 1.29 bits per heavy atom. The SMILES string of the molecule is CC(=O)OC1=C(C)C(=O)O[C@@H](c2ccc(Br)cc2)C1(C)C. The van der Waals surface area contributed by atoms with Gasteiger partial charge in [0.1, 0.15) is 11.9 Å². The molecule has 0 bridgehead atoms. The third kappa shape index (κ3) is 3.02. The Hall–Kier alpha value is -1.62. The molecule has 1 aliphatic rings. The Labute approximate surface area is 132 Å². The number of rotatable bonds is 2. The molecule has 0 unspecified atom stereocenters. The lowest BCUT2D eigenvalue weighted by Crippen LogP contribution is -2.36. The molecule has 1 aliphatic heterocycles. The molecule has 0 amide bonds. The van der Waals surface area contributed by atoms with Gasteiger partial charge in [0, 0.05) is 11.4 Å². The molecule has 0 aliphatic carbocycles. The molecular weight excluding hydrogens is 336 g/mol. The predicted octanol–water partition coefficient (Wildman–Crippen LogP) is 3.91. The highest BCUT2D eigenvalue weighted by Crippen LogP contribution is 2.47. The van der Waals surface area contributed by atoms with Gasteiger partial charge >= 0.3 is 11.9 Å². The topological polar surface area (TPSA) is 52.6 Å². The molecule has 0 spiro atoms. The zero-order chi connectivity index (χ0) is 15.8. The molecule has 0 saturated heterocycles. The molecule has 0 aromatic heterocycles. The zero-order valence-corrected chi connectivity index (χ0v) is 14.0. The van der Waals surface area contributed by atoms with Crippen LogP contribution in [0.3, 0.4) is 0 Å². The molecule has 0 fully saturated rings. The normalized spacial score (nSPS) is 21.0. The minimum Gasteiger partial charge on any atom is -0.453 e. The first-order chi connectivity index (χ1) is 9.73. The summed E-state index contributed by atoms with van der Waals surface area (Å²) in [6.07, 6.45) is -0.504. The molecule has 112 valence electrons. The van der Waals surface area contributed by atoms with Crippen molar-refractivity contribution in [2.75, 3.05) is 0 Å². The second-order valence-corrected chi connectivity index (χ2v) is 6.52. The first-order valence-corrected chi connectivity index (χ1v) is 7.39. The van der Waals surface area contributed by atoms with Crippen LogP contribution in [0.15, 0.2) is 40.1 Å². The van der Waals surface area contributed by atoms with E-state index in [1.54, 1.807) is 6.92 Å². The third-order valence-electron chi connectivity index (χ3n) is 3.53. The summed E-state index contributed by atoms with van der Waals surface area (Å²) in [5.41, 5.74) is 0.564. The summed E-state index contributed by atoms with van der Waals surface area (Å²) in [5, 5.41) is 0. The summed E-state index contributed by atoms with van der Waals surface area (Å²) in [7, 11) is 0. The van der Waals surface area contributed by atoms with Crippen LogP contribution in [0.25, 0.3) is 0 Å². The quantitative estimate of drug-likeness (QED) is 0.757. The molecular formula is C16H17BrO4. The van der Waals surface area contributed by atoms with Crippen molar-refractivity contribution in [1.29, 1.82) is 0 Å². The lowest BCUT2D eigenvalue weighted by Gasteiger charge is -2.39. The summed E-state index contributed by atoms with van der Waals surface area (Å²) >= 11 is 3.38. The summed E-state index contributed by atoms with van der Waals surface area (Å²) in [5.74, 6) is -0.528. The van der Waals surface area contributed by atoms with Crippen LogP contribution >= 0.6 is 15.9 Å². The maximum absolute atomic E-state index is 12.0. The average Bonchev–Trinajstić information content (AvgIpc) is 2.40. The molecule has 0 N–H and O–H groups in total. The Morgan fingerprint density at radius 3 is 2.38 bits per heavy atom. The van der Waals surface area contributed by atoms with Crippen molar-refractivity contribution in [2.45, 2.75) is 33.8 Å². The highest BCUT2D eigenvalue weighted by molar-refractivity contribution is 9.10. The lowest BCUT2D eigenvalue weighted by molar-refractivity contribution is -0.158. The van der Waals surface area contributed by atoms with Crippen LogP contribution in [-0.4, -0.2) is 11.9 Å². The van der Waals surface area contributed by atoms with Crippen molar-refractivity contribution < 1.29 is 19.1 Å². The van der Waals surface area contributed by atoms with Crippen molar-refractivity contribution in [3.8, 4) is 0 Å². The molecule has 21 heavy (non-hydrogen) atoms. The maximum atomic E-state index is 12.0. The number of carbonyl (C=O) groups excluding carboxylic acids is 2. The van der Waals surface area contributed by atoms with Gasteiger partial charge in [-0.1, -0.05) is 28.1 Å². The second-order valence-electron chi connectivity index (χ2n) is 5.61. The van der Waals surface area contributed by atoms with Gasteiger partial charge in [0.25, 0.3) is 0 Å². The standard InChI is InChI=1S/C16H17BrO4/c1-9-13(20-10(2)18)16(3,4)14(21-15(9)19)11-5-7-12(17)8-6-11/h5-8,14H,1-4H3/t14-/m0/s1. The lowest BCUT2D eigenvalue weighted by atomic mass is 9.77. The molecule has 4 nitrogen and oxygen atoms in total. The zero-order valence-electron chi connectivity index (χ0n) is 12.4. The van der Waals surface area contributed by atoms with Crippen LogP contribution in [0, 0.1) is 5.41 Å². The molecule has 1 aromatic rings. The molecule has 0 radical (unpaired) electrons. The first kappa shape index (κ1) is 15.8. The number of carbonyl (C=O) groups is 2. The summed E-state index contributed by atoms with van der Waals surface area (Å²) < 4.78 is 11.8. The van der Waals surface area contributed by atoms with Crippen LogP contribution in [-0.2, 0) is 19.1 Å². The fourth-order valence-corrected chi connectivity index (χ4v) is 2.78. The average molecular weight is 353 g/mol. The van der Waals surface area contributed by atoms with Crippen molar-refractivity contribution in [3.05, 3.63) is 45.6 Å². The van der Waals surface area contributed by atoms with Crippen molar-refractivity contribution >= 4 is 27.9 Å². The molecule has 2 rings (SSSR count). The maximum Gasteiger partial charge on any atom is 0.337 e. The van der Waals surface area contributed by atoms with Crippen LogP contribution in [0.2, 0.25) is 0 Å². The van der Waals surface area contributed by atoms with E-state index in [9.17, 15) is 9.59 Å². The molecule has 1 aromatic carbocycles. The highest BCUT2D eigenvalue weighted by atomic mass is 79.9. The molecule has 5 heteroatoms. The van der Waals surface area contributed by atoms with E-state index in [4.69, 9.17) is 9.47 Å². The second kappa shape index (κ2) is 5.64. The molecule has 1 heterocycles. The van der Waals surface area contributed by atoms with Crippen LogP contribution in [0.5, 0.6) is 0 Å². The van der Waals surface area contributed by atoms with E-state index < -0.39 is 23.5 Å². The van der Waals surface area contributed by atoms with Crippen LogP contribution in [0.4, 0.5) is 0 Å². The Morgan fingerprint density at radius 2 is 1.86 bits per heavy atom. The predicted molar refractivity (Wildman–Crippen MR) is 81.2 cm³/mol. The largest absolute Gasteiger partial charge is 0.453 e. The van der Waals surface area contributed by atoms with E-state index in [0.29, 0.717) is 11.3 Å². The van der Waals surface area contributed by atoms with Gasteiger partial charge in [-0.25, -0.2) is 4.79 Å². The highest BCUT2D eigenvalue weighted by Gasteiger charge is 2.45. The molecule has 1 atom stereocenters. The van der Waals surface area contributed by atoms with Gasteiger partial charge in [-0.15, -0.1) is 0 Å². The number of ether oxygens (including phenoxy) is 2. The smallest absolute Gasteiger partial charge is 0.337 e. The minimum atomic E-state index is -0.627. The number of hydrogen-bond donors (Lipinski definition) is 0. The summed E-state index contributed by atoms with van der Waals surface area (Å²) in [6, 6.07) is 7.54. The Bertz CT molecular complexity index is 614. The van der Waals surface area contributed by atoms with Crippen molar-refractivity contribution in [2.24, 2.45) is 5.41 Å². The van der Waals surface area contributed by atoms with Crippen molar-refractivity contribution in [1.82, 2.24) is 0 Å². The van der Waals surface area contributed by atoms with Gasteiger partial charge in [-0.3, -0.25) is 4.79 Å². The summed E-state index contributed by atoms with van der Waals surface area (Å²) in [4.78, 5) is 23.4. The van der Waals surface area contributed by atoms with Gasteiger partial charge < -0.3 is 9.47 Å². The first-order valence-electron chi connectivity index (χ1n) is 6.59. The number of halogens is 1. The van der Waals surface area contributed by atoms with E-state index in [1.165, 1.54) is 6.92 Å². The van der Waals surface area contributed by atoms with Crippen LogP contribution in [0.1, 0.15) is 39.4 Å². The fraction of sp³-hybridized carbons (Fsp3) is 0.375. The van der Waals surface area contributed by atoms with E-state index in [0.717, 1.165) is 10.0 Å². The number of cyclic esters (lactones) is 1. The van der Waals surface area contributed by atoms with E-state index in [-0.39, 0.29) is 0 Å². The number of hydrogen-bond acceptors (Lipinski definition) is 4. The third-order valence-corrected chi connectivity index (χ3v) is 4.06. The number of benzene rings is 1. The van der Waals surface area contributed by atoms with E-state index >= 15 is 0 Å². The Kier molecular flexibility index (Phi) is 4.23. The van der Waals surface area contributed by atoms with E-state index in [2.05, 4.69) is 15.9 Å². The van der Waals surface area contributed by atoms with Crippen molar-refractivity contribution in [3.63, 3.8) is 0 Å². The monoisotopic (exact) mass is 352 g/mol. The van der Waals surface area contributed by atoms with Gasteiger partial charge in [0.15, 0.2) is 0 Å². The summed E-state index contributed by atoms with van der Waals surface area (Å²) in [6.45, 7) is 6.73. The van der Waals surface area contributed by atoms with Gasteiger partial charge in [0.05, 0.1) is 11.0 Å². The van der Waals surface area contributed by atoms with Gasteiger partial charge in [-0.05, 0) is 38.5 Å². The van der Waals surface area contributed by atoms with E-state index in [1.807, 2.05) is 38.1 Å². The van der Waals surface area contributed by atoms with Gasteiger partial charge in [0.2, 0.25) is 0 Å². The fourth-order valence-electron chi connectivity index (χ4n) is 2.51.